The number of carbonyl (C=O) groups is 2. The van der Waals surface area contributed by atoms with Crippen LogP contribution in [0.5, 0.6) is 0 Å². The van der Waals surface area contributed by atoms with E-state index in [1.807, 2.05) is 18.3 Å². The molecule has 4 rings (SSSR count). The molecular formula is C22H23NO4. The molecule has 5 nitrogen and oxygen atoms in total. The zero-order valence-electron chi connectivity index (χ0n) is 15.3. The highest BCUT2D eigenvalue weighted by molar-refractivity contribution is 5.82. The second-order valence-corrected chi connectivity index (χ2v) is 5.45. The van der Waals surface area contributed by atoms with Gasteiger partial charge in [0.15, 0.2) is 0 Å². The van der Waals surface area contributed by atoms with Gasteiger partial charge < -0.3 is 15.2 Å². The topological polar surface area (TPSA) is 90.4 Å². The van der Waals surface area contributed by atoms with Gasteiger partial charge in [0.1, 0.15) is 0 Å². The van der Waals surface area contributed by atoms with Crippen molar-refractivity contribution in [2.24, 2.45) is 0 Å². The number of aliphatic carboxylic acids is 2. The quantitative estimate of drug-likeness (QED) is 0.400. The molecule has 0 aliphatic rings. The maximum absolute atomic E-state index is 9.00. The number of nitrogens with one attached hydrogen (secondary N) is 1. The normalized spacial score (nSPS) is 8.96. The van der Waals surface area contributed by atoms with E-state index in [4.69, 9.17) is 19.8 Å². The summed E-state index contributed by atoms with van der Waals surface area (Å²) in [6.45, 7) is 2.17. The number of hydrogen-bond donors (Lipinski definition) is 3. The molecule has 3 N–H and O–H groups in total. The lowest BCUT2D eigenvalue weighted by atomic mass is 10.1. The first-order chi connectivity index (χ1) is 12.9. The van der Waals surface area contributed by atoms with Crippen LogP contribution in [0.3, 0.4) is 0 Å². The molecule has 4 aromatic rings. The second kappa shape index (κ2) is 11.9. The van der Waals surface area contributed by atoms with Gasteiger partial charge in [-0.3, -0.25) is 9.59 Å². The number of fused-ring (bicyclic) bond motifs is 2. The summed E-state index contributed by atoms with van der Waals surface area (Å²) in [4.78, 5) is 21.1. The van der Waals surface area contributed by atoms with E-state index >= 15 is 0 Å². The monoisotopic (exact) mass is 365 g/mol. The maximum Gasteiger partial charge on any atom is 0.300 e. The Kier molecular flexibility index (Phi) is 9.43. The third-order valence-electron chi connectivity index (χ3n) is 3.12. The fourth-order valence-electron chi connectivity index (χ4n) is 2.13. The van der Waals surface area contributed by atoms with Gasteiger partial charge in [-0.25, -0.2) is 0 Å². The van der Waals surface area contributed by atoms with Crippen LogP contribution in [-0.4, -0.2) is 27.1 Å². The first-order valence-electron chi connectivity index (χ1n) is 8.25. The Morgan fingerprint density at radius 1 is 0.630 bits per heavy atom. The largest absolute Gasteiger partial charge is 0.481 e. The summed E-state index contributed by atoms with van der Waals surface area (Å²) in [7, 11) is 0. The standard InChI is InChI=1S/C10H8.C8H7N.2C2H4O2/c1-2-6-10-8-4-3-7-9(10)5-1;1-2-4-8-7(3-1)5-6-9-8;2*1-2(3)4/h1-8H;1-6,9H;2*1H3,(H,3,4). The summed E-state index contributed by atoms with van der Waals surface area (Å²) >= 11 is 0. The number of H-pyrrole nitrogens is 1. The average molecular weight is 365 g/mol. The van der Waals surface area contributed by atoms with E-state index in [-0.39, 0.29) is 0 Å². The molecule has 0 atom stereocenters. The third-order valence-corrected chi connectivity index (χ3v) is 3.12. The van der Waals surface area contributed by atoms with Crippen LogP contribution in [0.4, 0.5) is 0 Å². The van der Waals surface area contributed by atoms with Crippen molar-refractivity contribution in [1.82, 2.24) is 4.98 Å². The summed E-state index contributed by atoms with van der Waals surface area (Å²) in [6.07, 6.45) is 1.95. The minimum absolute atomic E-state index is 0.833. The highest BCUT2D eigenvalue weighted by Crippen LogP contribution is 2.11. The van der Waals surface area contributed by atoms with Gasteiger partial charge in [0.25, 0.3) is 11.9 Å². The Bertz CT molecular complexity index is 860. The average Bonchev–Trinajstić information content (AvgIpc) is 3.10. The molecule has 0 spiro atoms. The van der Waals surface area contributed by atoms with Crippen molar-refractivity contribution in [3.05, 3.63) is 85.1 Å². The molecule has 0 amide bonds. The van der Waals surface area contributed by atoms with Crippen molar-refractivity contribution < 1.29 is 19.8 Å². The fraction of sp³-hybridized carbons (Fsp3) is 0.0909. The van der Waals surface area contributed by atoms with Crippen molar-refractivity contribution in [3.63, 3.8) is 0 Å². The van der Waals surface area contributed by atoms with Crippen LogP contribution in [0, 0.1) is 0 Å². The molecule has 0 radical (unpaired) electrons. The van der Waals surface area contributed by atoms with E-state index in [2.05, 4.69) is 71.7 Å². The lowest BCUT2D eigenvalue weighted by Gasteiger charge is -1.92. The van der Waals surface area contributed by atoms with Crippen LogP contribution >= 0.6 is 0 Å². The van der Waals surface area contributed by atoms with Gasteiger partial charge in [-0.15, -0.1) is 0 Å². The zero-order valence-corrected chi connectivity index (χ0v) is 15.3. The SMILES string of the molecule is CC(=O)O.CC(=O)O.c1ccc2[nH]ccc2c1.c1ccc2ccccc2c1. The molecule has 27 heavy (non-hydrogen) atoms. The van der Waals surface area contributed by atoms with E-state index < -0.39 is 11.9 Å². The fourth-order valence-corrected chi connectivity index (χ4v) is 2.13. The molecule has 0 fully saturated rings. The summed E-state index contributed by atoms with van der Waals surface area (Å²) in [5, 5.41) is 18.7. The Balaban J connectivity index is 0.000000198. The van der Waals surface area contributed by atoms with Crippen LogP contribution in [0.2, 0.25) is 0 Å². The Hall–Kier alpha value is -3.60. The smallest absolute Gasteiger partial charge is 0.300 e. The van der Waals surface area contributed by atoms with Gasteiger partial charge in [0.05, 0.1) is 0 Å². The Morgan fingerprint density at radius 3 is 1.33 bits per heavy atom. The molecule has 3 aromatic carbocycles. The molecule has 1 heterocycles. The molecule has 0 saturated heterocycles. The lowest BCUT2D eigenvalue weighted by Crippen LogP contribution is -1.78. The van der Waals surface area contributed by atoms with E-state index in [0.717, 1.165) is 13.8 Å². The summed E-state index contributed by atoms with van der Waals surface area (Å²) in [6, 6.07) is 27.0. The number of rotatable bonds is 0. The second-order valence-electron chi connectivity index (χ2n) is 5.45. The number of carboxylic acid groups (broad SMARTS) is 2. The third kappa shape index (κ3) is 9.45. The number of carboxylic acids is 2. The first-order valence-corrected chi connectivity index (χ1v) is 8.25. The zero-order chi connectivity index (χ0) is 20.1. The lowest BCUT2D eigenvalue weighted by molar-refractivity contribution is -0.135. The van der Waals surface area contributed by atoms with Crippen molar-refractivity contribution >= 4 is 33.6 Å². The van der Waals surface area contributed by atoms with E-state index in [1.165, 1.54) is 21.7 Å². The van der Waals surface area contributed by atoms with Crippen LogP contribution < -0.4 is 0 Å². The highest BCUT2D eigenvalue weighted by atomic mass is 16.4. The van der Waals surface area contributed by atoms with Crippen molar-refractivity contribution in [3.8, 4) is 0 Å². The molecule has 1 aromatic heterocycles. The van der Waals surface area contributed by atoms with E-state index in [0.29, 0.717) is 0 Å². The number of para-hydroxylation sites is 1. The van der Waals surface area contributed by atoms with Crippen molar-refractivity contribution in [1.29, 1.82) is 0 Å². The molecule has 0 unspecified atom stereocenters. The van der Waals surface area contributed by atoms with Gasteiger partial charge in [-0.1, -0.05) is 66.7 Å². The molecule has 0 saturated carbocycles. The van der Waals surface area contributed by atoms with Gasteiger partial charge in [-0.2, -0.15) is 0 Å². The molecule has 0 bridgehead atoms. The maximum atomic E-state index is 9.00. The number of benzene rings is 3. The molecule has 0 aliphatic heterocycles. The van der Waals surface area contributed by atoms with Crippen molar-refractivity contribution in [2.45, 2.75) is 13.8 Å². The number of aromatic amines is 1. The number of hydrogen-bond acceptors (Lipinski definition) is 2. The van der Waals surface area contributed by atoms with Crippen molar-refractivity contribution in [2.75, 3.05) is 0 Å². The van der Waals surface area contributed by atoms with Crippen LogP contribution in [0.1, 0.15) is 13.8 Å². The molecular weight excluding hydrogens is 342 g/mol. The summed E-state index contributed by atoms with van der Waals surface area (Å²) < 4.78 is 0. The summed E-state index contributed by atoms with van der Waals surface area (Å²) in [5.74, 6) is -1.67. The minimum atomic E-state index is -0.833. The summed E-state index contributed by atoms with van der Waals surface area (Å²) in [5.41, 5.74) is 1.21. The molecule has 5 heteroatoms. The molecule has 0 aliphatic carbocycles. The molecule has 140 valence electrons. The van der Waals surface area contributed by atoms with Gasteiger partial charge >= 0.3 is 0 Å². The first kappa shape index (κ1) is 21.4. The van der Waals surface area contributed by atoms with Gasteiger partial charge in [0.2, 0.25) is 0 Å². The Labute approximate surface area is 157 Å². The predicted octanol–water partition coefficient (Wildman–Crippen LogP) is 5.19. The van der Waals surface area contributed by atoms with Crippen LogP contribution in [0.15, 0.2) is 85.1 Å². The minimum Gasteiger partial charge on any atom is -0.481 e. The van der Waals surface area contributed by atoms with Gasteiger partial charge in [0, 0.05) is 25.6 Å². The van der Waals surface area contributed by atoms with E-state index in [9.17, 15) is 0 Å². The Morgan fingerprint density at radius 2 is 0.963 bits per heavy atom. The van der Waals surface area contributed by atoms with E-state index in [1.54, 1.807) is 0 Å². The number of aromatic nitrogens is 1. The highest BCUT2D eigenvalue weighted by Gasteiger charge is 1.87. The van der Waals surface area contributed by atoms with Crippen LogP contribution in [0.25, 0.3) is 21.7 Å². The predicted molar refractivity (Wildman–Crippen MR) is 109 cm³/mol. The van der Waals surface area contributed by atoms with Crippen LogP contribution in [-0.2, 0) is 9.59 Å². The van der Waals surface area contributed by atoms with Gasteiger partial charge in [-0.05, 0) is 28.3 Å².